The number of nitrogens with one attached hydrogen (secondary N) is 1. The number of non-ortho nitro benzene ring substituents is 1. The summed E-state index contributed by atoms with van der Waals surface area (Å²) in [6.45, 7) is 1.81. The molecule has 2 aromatic rings. The fraction of sp³-hybridized carbons (Fsp3) is 0.188. The predicted octanol–water partition coefficient (Wildman–Crippen LogP) is 2.08. The largest absolute Gasteiger partial charge is 0.463 e. The van der Waals surface area contributed by atoms with Gasteiger partial charge in [-0.15, -0.1) is 0 Å². The minimum absolute atomic E-state index is 0.108. The maximum atomic E-state index is 12.6. The molecule has 1 unspecified atom stereocenters. The fourth-order valence-corrected chi connectivity index (χ4v) is 2.82. The van der Waals surface area contributed by atoms with E-state index in [1.165, 1.54) is 24.4 Å². The summed E-state index contributed by atoms with van der Waals surface area (Å²) in [4.78, 5) is 27.4. The average molecular weight is 357 g/mol. The number of aromatic nitrogens is 2. The van der Waals surface area contributed by atoms with Gasteiger partial charge in [0.05, 0.1) is 35.1 Å². The van der Waals surface area contributed by atoms with Crippen LogP contribution in [0.4, 0.5) is 11.6 Å². The number of ether oxygens (including phenoxy) is 1. The number of allylic oxidation sites excluding steroid dienone is 1. The van der Waals surface area contributed by atoms with Crippen molar-refractivity contribution in [3.63, 3.8) is 0 Å². The molecule has 0 radical (unpaired) electrons. The molecule has 0 saturated carbocycles. The molecule has 2 heterocycles. The summed E-state index contributed by atoms with van der Waals surface area (Å²) in [5.41, 5.74) is 0.729. The number of hydrogen-bond acceptors (Lipinski definition) is 8. The lowest BCUT2D eigenvalue weighted by Gasteiger charge is -2.29. The normalized spacial score (nSPS) is 16.3. The Hall–Kier alpha value is -3.69. The monoisotopic (exact) mass is 357 g/mol. The quantitative estimate of drug-likeness (QED) is 0.275. The molecule has 0 saturated heterocycles. The standard InChI is InChI=1S/C16H15N5O5/c1-2-26-15(22)13-12(9-18-23)19-16-17-6-7-20(16)14(13)10-4-3-5-11(8-10)21(24)25/h3-9,14,23H,2H2,1H3,(H,17,19). The molecule has 134 valence electrons. The van der Waals surface area contributed by atoms with E-state index in [1.54, 1.807) is 23.8 Å². The number of oxime groups is 1. The summed E-state index contributed by atoms with van der Waals surface area (Å²) >= 11 is 0. The van der Waals surface area contributed by atoms with Crippen LogP contribution < -0.4 is 5.32 Å². The first-order chi connectivity index (χ1) is 12.6. The van der Waals surface area contributed by atoms with E-state index in [0.29, 0.717) is 11.5 Å². The molecular weight excluding hydrogens is 342 g/mol. The van der Waals surface area contributed by atoms with Gasteiger partial charge in [-0.2, -0.15) is 0 Å². The number of rotatable bonds is 5. The van der Waals surface area contributed by atoms with E-state index in [-0.39, 0.29) is 23.6 Å². The van der Waals surface area contributed by atoms with Gasteiger partial charge in [0.1, 0.15) is 0 Å². The zero-order chi connectivity index (χ0) is 18.7. The highest BCUT2D eigenvalue weighted by molar-refractivity contribution is 6.00. The zero-order valence-corrected chi connectivity index (χ0v) is 13.7. The van der Waals surface area contributed by atoms with Gasteiger partial charge in [-0.3, -0.25) is 10.1 Å². The first-order valence-corrected chi connectivity index (χ1v) is 7.69. The number of carbonyl (C=O) groups excluding carboxylic acids is 1. The summed E-state index contributed by atoms with van der Waals surface area (Å²) in [7, 11) is 0. The molecule has 10 heteroatoms. The minimum Gasteiger partial charge on any atom is -0.463 e. The number of esters is 1. The van der Waals surface area contributed by atoms with Crippen LogP contribution in [0.1, 0.15) is 18.5 Å². The molecule has 0 spiro atoms. The summed E-state index contributed by atoms with van der Waals surface area (Å²) in [5.74, 6) is -0.241. The number of fused-ring (bicyclic) bond motifs is 1. The summed E-state index contributed by atoms with van der Waals surface area (Å²) in [6.07, 6.45) is 4.22. The Morgan fingerprint density at radius 1 is 1.58 bits per heavy atom. The Morgan fingerprint density at radius 3 is 3.08 bits per heavy atom. The summed E-state index contributed by atoms with van der Waals surface area (Å²) < 4.78 is 6.78. The van der Waals surface area contributed by atoms with E-state index in [4.69, 9.17) is 9.94 Å². The van der Waals surface area contributed by atoms with Gasteiger partial charge in [-0.1, -0.05) is 17.3 Å². The van der Waals surface area contributed by atoms with Gasteiger partial charge < -0.3 is 19.8 Å². The number of hydrogen-bond donors (Lipinski definition) is 2. The first kappa shape index (κ1) is 17.1. The van der Waals surface area contributed by atoms with Crippen LogP contribution in [0.2, 0.25) is 0 Å². The lowest BCUT2D eigenvalue weighted by molar-refractivity contribution is -0.384. The van der Waals surface area contributed by atoms with Gasteiger partial charge in [0.2, 0.25) is 5.95 Å². The number of nitro groups is 1. The lowest BCUT2D eigenvalue weighted by atomic mass is 9.95. The number of benzene rings is 1. The maximum absolute atomic E-state index is 12.6. The number of nitro benzene ring substituents is 1. The third-order valence-corrected chi connectivity index (χ3v) is 3.84. The van der Waals surface area contributed by atoms with Crippen LogP contribution in [0, 0.1) is 10.1 Å². The molecule has 0 aliphatic carbocycles. The smallest absolute Gasteiger partial charge is 0.338 e. The van der Waals surface area contributed by atoms with E-state index < -0.39 is 16.9 Å². The molecule has 10 nitrogen and oxygen atoms in total. The van der Waals surface area contributed by atoms with E-state index in [9.17, 15) is 14.9 Å². The van der Waals surface area contributed by atoms with Gasteiger partial charge >= 0.3 is 5.97 Å². The van der Waals surface area contributed by atoms with E-state index in [0.717, 1.165) is 6.21 Å². The zero-order valence-electron chi connectivity index (χ0n) is 13.7. The molecule has 1 aliphatic heterocycles. The molecular formula is C16H15N5O5. The van der Waals surface area contributed by atoms with Crippen LogP contribution in [-0.2, 0) is 9.53 Å². The van der Waals surface area contributed by atoms with Crippen molar-refractivity contribution in [1.82, 2.24) is 9.55 Å². The van der Waals surface area contributed by atoms with Crippen molar-refractivity contribution in [2.75, 3.05) is 11.9 Å². The van der Waals surface area contributed by atoms with Crippen molar-refractivity contribution in [2.45, 2.75) is 13.0 Å². The van der Waals surface area contributed by atoms with Crippen LogP contribution in [0.3, 0.4) is 0 Å². The van der Waals surface area contributed by atoms with Crippen LogP contribution in [0.15, 0.2) is 53.1 Å². The first-order valence-electron chi connectivity index (χ1n) is 7.69. The molecule has 1 aliphatic rings. The van der Waals surface area contributed by atoms with Crippen molar-refractivity contribution in [3.8, 4) is 0 Å². The molecule has 2 N–H and O–H groups in total. The lowest BCUT2D eigenvalue weighted by Crippen LogP contribution is -2.30. The molecule has 1 atom stereocenters. The van der Waals surface area contributed by atoms with Crippen LogP contribution in [0.5, 0.6) is 0 Å². The van der Waals surface area contributed by atoms with E-state index in [1.807, 2.05) is 0 Å². The molecule has 0 amide bonds. The average Bonchev–Trinajstić information content (AvgIpc) is 3.09. The Kier molecular flexibility index (Phi) is 4.65. The van der Waals surface area contributed by atoms with Crippen LogP contribution in [0.25, 0.3) is 0 Å². The highest BCUT2D eigenvalue weighted by Gasteiger charge is 2.34. The van der Waals surface area contributed by atoms with Gasteiger partial charge in [0, 0.05) is 24.5 Å². The molecule has 0 bridgehead atoms. The van der Waals surface area contributed by atoms with Gasteiger partial charge in [-0.25, -0.2) is 9.78 Å². The van der Waals surface area contributed by atoms with Crippen molar-refractivity contribution in [1.29, 1.82) is 0 Å². The van der Waals surface area contributed by atoms with Crippen molar-refractivity contribution < 1.29 is 19.7 Å². The Labute approximate surface area is 147 Å². The second kappa shape index (κ2) is 7.05. The van der Waals surface area contributed by atoms with E-state index in [2.05, 4.69) is 15.5 Å². The van der Waals surface area contributed by atoms with Crippen molar-refractivity contribution in [3.05, 3.63) is 63.6 Å². The van der Waals surface area contributed by atoms with Crippen molar-refractivity contribution in [2.24, 2.45) is 5.16 Å². The van der Waals surface area contributed by atoms with Gasteiger partial charge in [-0.05, 0) is 12.5 Å². The second-order valence-electron chi connectivity index (χ2n) is 5.33. The van der Waals surface area contributed by atoms with E-state index >= 15 is 0 Å². The highest BCUT2D eigenvalue weighted by Crippen LogP contribution is 2.36. The second-order valence-corrected chi connectivity index (χ2v) is 5.33. The maximum Gasteiger partial charge on any atom is 0.338 e. The minimum atomic E-state index is -0.735. The molecule has 0 fully saturated rings. The number of nitrogens with zero attached hydrogens (tertiary/aromatic N) is 4. The van der Waals surface area contributed by atoms with Crippen molar-refractivity contribution >= 4 is 23.8 Å². The SMILES string of the molecule is CCOC(=O)C1=C(C=NO)Nc2nccn2C1c1cccc([N+](=O)[O-])c1. The third-order valence-electron chi connectivity index (χ3n) is 3.84. The predicted molar refractivity (Wildman–Crippen MR) is 91.0 cm³/mol. The summed E-state index contributed by atoms with van der Waals surface area (Å²) in [6, 6.07) is 5.21. The van der Waals surface area contributed by atoms with Crippen LogP contribution in [-0.4, -0.2) is 38.5 Å². The third kappa shape index (κ3) is 2.99. The number of anilines is 1. The highest BCUT2D eigenvalue weighted by atomic mass is 16.6. The molecule has 1 aromatic carbocycles. The van der Waals surface area contributed by atoms with Crippen LogP contribution >= 0.6 is 0 Å². The molecule has 3 rings (SSSR count). The van der Waals surface area contributed by atoms with Gasteiger partial charge in [0.15, 0.2) is 0 Å². The Morgan fingerprint density at radius 2 is 2.38 bits per heavy atom. The number of imidazole rings is 1. The fourth-order valence-electron chi connectivity index (χ4n) is 2.82. The molecule has 1 aromatic heterocycles. The topological polar surface area (TPSA) is 132 Å². The number of carbonyl (C=O) groups is 1. The summed E-state index contributed by atoms with van der Waals surface area (Å²) in [5, 5.41) is 26.0. The van der Waals surface area contributed by atoms with Gasteiger partial charge in [0.25, 0.3) is 5.69 Å². The Balaban J connectivity index is 2.22. The Bertz CT molecular complexity index is 917. The molecule has 26 heavy (non-hydrogen) atoms.